The summed E-state index contributed by atoms with van der Waals surface area (Å²) in [5.74, 6) is -1.55. The Hall–Kier alpha value is -1.73. The van der Waals surface area contributed by atoms with E-state index >= 15 is 0 Å². The third kappa shape index (κ3) is 5.42. The number of halogens is 2. The minimum absolute atomic E-state index is 0.0579. The average molecular weight is 341 g/mol. The van der Waals surface area contributed by atoms with Gasteiger partial charge in [-0.15, -0.1) is 0 Å². The Morgan fingerprint density at radius 3 is 2.62 bits per heavy atom. The highest BCUT2D eigenvalue weighted by atomic mass is 19.1. The third-order valence-corrected chi connectivity index (χ3v) is 4.27. The second-order valence-electron chi connectivity index (χ2n) is 6.41. The largest absolute Gasteiger partial charge is 0.383 e. The van der Waals surface area contributed by atoms with Crippen LogP contribution in [0.5, 0.6) is 0 Å². The number of aliphatic hydroxyl groups is 1. The molecule has 7 heteroatoms. The smallest absolute Gasteiger partial charge is 0.314 e. The average Bonchev–Trinajstić information content (AvgIpc) is 2.54. The van der Waals surface area contributed by atoms with Crippen molar-refractivity contribution in [3.8, 4) is 0 Å². The van der Waals surface area contributed by atoms with Gasteiger partial charge in [0, 0.05) is 24.7 Å². The van der Waals surface area contributed by atoms with Gasteiger partial charge in [0.15, 0.2) is 0 Å². The second kappa shape index (κ2) is 8.39. The van der Waals surface area contributed by atoms with Crippen molar-refractivity contribution in [1.82, 2.24) is 15.5 Å². The Kier molecular flexibility index (Phi) is 6.51. The molecule has 1 atom stereocenters. The highest BCUT2D eigenvalue weighted by Gasteiger charge is 2.27. The zero-order chi connectivity index (χ0) is 17.6. The molecule has 0 aromatic heterocycles. The van der Waals surface area contributed by atoms with E-state index in [4.69, 9.17) is 0 Å². The van der Waals surface area contributed by atoms with Crippen molar-refractivity contribution in [1.29, 1.82) is 0 Å². The van der Waals surface area contributed by atoms with E-state index < -0.39 is 23.3 Å². The molecule has 1 heterocycles. The van der Waals surface area contributed by atoms with E-state index in [1.165, 1.54) is 32.3 Å². The molecule has 0 bridgehead atoms. The molecule has 24 heavy (non-hydrogen) atoms. The molecule has 2 amide bonds. The summed E-state index contributed by atoms with van der Waals surface area (Å²) >= 11 is 0. The van der Waals surface area contributed by atoms with E-state index in [1.54, 1.807) is 0 Å². The number of hydrogen-bond donors (Lipinski definition) is 3. The number of likely N-dealkylation sites (tertiary alicyclic amines) is 1. The number of hydrogen-bond acceptors (Lipinski definition) is 3. The van der Waals surface area contributed by atoms with Gasteiger partial charge in [0.25, 0.3) is 0 Å². The van der Waals surface area contributed by atoms with Crippen LogP contribution in [0.15, 0.2) is 18.2 Å². The molecule has 0 saturated carbocycles. The molecule has 1 aromatic carbocycles. The molecule has 3 N–H and O–H groups in total. The van der Waals surface area contributed by atoms with Crippen LogP contribution in [-0.2, 0) is 5.60 Å². The second-order valence-corrected chi connectivity index (χ2v) is 6.41. The molecule has 1 aliphatic heterocycles. The maximum absolute atomic E-state index is 13.7. The maximum atomic E-state index is 13.7. The topological polar surface area (TPSA) is 64.6 Å². The fraction of sp³-hybridized carbons (Fsp3) is 0.588. The molecule has 0 radical (unpaired) electrons. The highest BCUT2D eigenvalue weighted by Crippen LogP contribution is 2.23. The Balaban J connectivity index is 1.75. The summed E-state index contributed by atoms with van der Waals surface area (Å²) in [6.45, 7) is 4.61. The fourth-order valence-electron chi connectivity index (χ4n) is 2.85. The van der Waals surface area contributed by atoms with Crippen molar-refractivity contribution < 1.29 is 18.7 Å². The van der Waals surface area contributed by atoms with Crippen molar-refractivity contribution in [2.75, 3.05) is 32.7 Å². The first kappa shape index (κ1) is 18.6. The van der Waals surface area contributed by atoms with Crippen LogP contribution in [0.4, 0.5) is 13.6 Å². The van der Waals surface area contributed by atoms with Crippen molar-refractivity contribution in [2.24, 2.45) is 0 Å². The molecule has 134 valence electrons. The fourth-order valence-corrected chi connectivity index (χ4v) is 2.85. The van der Waals surface area contributed by atoms with Gasteiger partial charge in [-0.05, 0) is 38.9 Å². The van der Waals surface area contributed by atoms with Crippen molar-refractivity contribution in [2.45, 2.75) is 31.8 Å². The van der Waals surface area contributed by atoms with Crippen molar-refractivity contribution >= 4 is 6.03 Å². The highest BCUT2D eigenvalue weighted by molar-refractivity contribution is 5.73. The summed E-state index contributed by atoms with van der Waals surface area (Å²) < 4.78 is 26.7. The van der Waals surface area contributed by atoms with Crippen molar-refractivity contribution in [3.63, 3.8) is 0 Å². The van der Waals surface area contributed by atoms with Gasteiger partial charge in [0.05, 0.1) is 6.54 Å². The molecule has 1 fully saturated rings. The van der Waals surface area contributed by atoms with Gasteiger partial charge in [0.2, 0.25) is 0 Å². The first-order valence-electron chi connectivity index (χ1n) is 8.30. The van der Waals surface area contributed by atoms with Crippen LogP contribution in [0, 0.1) is 11.6 Å². The van der Waals surface area contributed by atoms with Crippen LogP contribution < -0.4 is 10.6 Å². The molecule has 1 saturated heterocycles. The first-order chi connectivity index (χ1) is 11.4. The monoisotopic (exact) mass is 341 g/mol. The van der Waals surface area contributed by atoms with Gasteiger partial charge >= 0.3 is 6.03 Å². The minimum atomic E-state index is -1.62. The Morgan fingerprint density at radius 1 is 1.25 bits per heavy atom. The summed E-state index contributed by atoms with van der Waals surface area (Å²) in [6.07, 6.45) is 3.65. The van der Waals surface area contributed by atoms with Crippen LogP contribution in [0.1, 0.15) is 31.7 Å². The molecule has 0 aliphatic carbocycles. The molecule has 1 unspecified atom stereocenters. The summed E-state index contributed by atoms with van der Waals surface area (Å²) in [4.78, 5) is 14.1. The molecular weight excluding hydrogens is 316 g/mol. The van der Waals surface area contributed by atoms with Gasteiger partial charge < -0.3 is 20.6 Å². The standard InChI is InChI=1S/C17H25F2N3O2/c1-17(24,14-6-5-13(18)11-15(14)19)12-21-16(23)20-7-10-22-8-3-2-4-9-22/h5-6,11,24H,2-4,7-10,12H2,1H3,(H2,20,21,23). The lowest BCUT2D eigenvalue weighted by Gasteiger charge is -2.27. The number of benzene rings is 1. The Labute approximate surface area is 141 Å². The predicted molar refractivity (Wildman–Crippen MR) is 87.6 cm³/mol. The lowest BCUT2D eigenvalue weighted by molar-refractivity contribution is 0.0555. The number of amides is 2. The van der Waals surface area contributed by atoms with E-state index in [9.17, 15) is 18.7 Å². The normalized spacial score (nSPS) is 18.0. The van der Waals surface area contributed by atoms with E-state index in [1.807, 2.05) is 0 Å². The van der Waals surface area contributed by atoms with Crippen LogP contribution in [0.25, 0.3) is 0 Å². The number of rotatable bonds is 6. The molecule has 5 nitrogen and oxygen atoms in total. The van der Waals surface area contributed by atoms with E-state index in [0.717, 1.165) is 25.7 Å². The van der Waals surface area contributed by atoms with Crippen LogP contribution >= 0.6 is 0 Å². The van der Waals surface area contributed by atoms with Gasteiger partial charge in [0.1, 0.15) is 17.2 Å². The maximum Gasteiger partial charge on any atom is 0.314 e. The van der Waals surface area contributed by atoms with Crippen molar-refractivity contribution in [3.05, 3.63) is 35.4 Å². The summed E-state index contributed by atoms with van der Waals surface area (Å²) in [5, 5.41) is 15.6. The molecular formula is C17H25F2N3O2. The Morgan fingerprint density at radius 2 is 1.96 bits per heavy atom. The Bertz CT molecular complexity index is 561. The van der Waals surface area contributed by atoms with Gasteiger partial charge in [-0.1, -0.05) is 12.5 Å². The van der Waals surface area contributed by atoms with Gasteiger partial charge in [-0.3, -0.25) is 0 Å². The summed E-state index contributed by atoms with van der Waals surface area (Å²) in [7, 11) is 0. The number of nitrogens with one attached hydrogen (secondary N) is 2. The van der Waals surface area contributed by atoms with E-state index in [0.29, 0.717) is 12.6 Å². The number of carbonyl (C=O) groups excluding carboxylic acids is 1. The predicted octanol–water partition coefficient (Wildman–Crippen LogP) is 1.96. The lowest BCUT2D eigenvalue weighted by atomic mass is 9.95. The summed E-state index contributed by atoms with van der Waals surface area (Å²) in [6, 6.07) is 2.55. The zero-order valence-electron chi connectivity index (χ0n) is 13.9. The quantitative estimate of drug-likeness (QED) is 0.741. The van der Waals surface area contributed by atoms with Crippen LogP contribution in [0.3, 0.4) is 0 Å². The van der Waals surface area contributed by atoms with Crippen LogP contribution in [0.2, 0.25) is 0 Å². The number of urea groups is 1. The lowest BCUT2D eigenvalue weighted by Crippen LogP contribution is -2.46. The first-order valence-corrected chi connectivity index (χ1v) is 8.30. The number of carbonyl (C=O) groups is 1. The van der Waals surface area contributed by atoms with E-state index in [-0.39, 0.29) is 12.1 Å². The molecule has 2 rings (SSSR count). The SMILES string of the molecule is CC(O)(CNC(=O)NCCN1CCCCC1)c1ccc(F)cc1F. The van der Waals surface area contributed by atoms with Gasteiger partial charge in [-0.25, -0.2) is 13.6 Å². The number of nitrogens with zero attached hydrogens (tertiary/aromatic N) is 1. The van der Waals surface area contributed by atoms with Gasteiger partial charge in [-0.2, -0.15) is 0 Å². The summed E-state index contributed by atoms with van der Waals surface area (Å²) in [5.41, 5.74) is -1.68. The minimum Gasteiger partial charge on any atom is -0.383 e. The molecule has 1 aliphatic rings. The zero-order valence-corrected chi connectivity index (χ0v) is 13.9. The number of piperidine rings is 1. The van der Waals surface area contributed by atoms with Crippen LogP contribution in [-0.4, -0.2) is 48.8 Å². The molecule has 1 aromatic rings. The molecule has 0 spiro atoms. The van der Waals surface area contributed by atoms with E-state index in [2.05, 4.69) is 15.5 Å². The third-order valence-electron chi connectivity index (χ3n) is 4.27.